The van der Waals surface area contributed by atoms with Gasteiger partial charge in [0.05, 0.1) is 17.3 Å². The molecule has 0 spiro atoms. The van der Waals surface area contributed by atoms with Crippen LogP contribution in [0.2, 0.25) is 0 Å². The van der Waals surface area contributed by atoms with Crippen molar-refractivity contribution in [2.24, 2.45) is 11.3 Å². The van der Waals surface area contributed by atoms with Crippen LogP contribution in [-0.2, 0) is 39.0 Å². The maximum absolute atomic E-state index is 14.2. The number of amides is 6. The summed E-state index contributed by atoms with van der Waals surface area (Å²) in [4.78, 5) is 92.7. The maximum Gasteiger partial charge on any atom is 0.303 e. The van der Waals surface area contributed by atoms with Crippen LogP contribution >= 0.6 is 12.6 Å². The average Bonchev–Trinajstić information content (AvgIpc) is 3.32. The molecule has 15 heteroatoms. The van der Waals surface area contributed by atoms with E-state index in [1.54, 1.807) is 20.2 Å². The Kier molecular flexibility index (Phi) is 16.3. The molecular formula is C38H58N6O8S. The lowest BCUT2D eigenvalue weighted by Crippen LogP contribution is -2.61. The first-order chi connectivity index (χ1) is 24.5. The smallest absolute Gasteiger partial charge is 0.303 e. The number of carboxylic acid groups (broad SMARTS) is 1. The number of nitrogens with zero attached hydrogens (tertiary/aromatic N) is 2. The number of carbonyl (C=O) groups is 7. The molecule has 1 heterocycles. The van der Waals surface area contributed by atoms with Crippen molar-refractivity contribution in [2.75, 3.05) is 27.2 Å². The second-order valence-corrected chi connectivity index (χ2v) is 16.1. The molecule has 5 N–H and O–H groups in total. The highest BCUT2D eigenvalue weighted by Gasteiger charge is 2.42. The molecule has 0 aliphatic carbocycles. The lowest BCUT2D eigenvalue weighted by molar-refractivity contribution is -0.141. The summed E-state index contributed by atoms with van der Waals surface area (Å²) >= 11 is 4.08. The molecule has 0 bridgehead atoms. The number of carbonyl (C=O) groups excluding carboxylic acids is 6. The number of likely N-dealkylation sites (tertiary alicyclic amines) is 1. The zero-order valence-electron chi connectivity index (χ0n) is 32.6. The summed E-state index contributed by atoms with van der Waals surface area (Å²) < 4.78 is 0. The van der Waals surface area contributed by atoms with Crippen LogP contribution in [0.5, 0.6) is 0 Å². The number of aliphatic carboxylic acids is 1. The van der Waals surface area contributed by atoms with Gasteiger partial charge in [0.25, 0.3) is 0 Å². The van der Waals surface area contributed by atoms with E-state index < -0.39 is 76.3 Å². The summed E-state index contributed by atoms with van der Waals surface area (Å²) in [6.07, 6.45) is 0.952. The van der Waals surface area contributed by atoms with Crippen molar-refractivity contribution in [2.45, 2.75) is 109 Å². The Morgan fingerprint density at radius 3 is 2.09 bits per heavy atom. The largest absolute Gasteiger partial charge is 0.481 e. The van der Waals surface area contributed by atoms with Gasteiger partial charge < -0.3 is 31.3 Å². The number of hydrogen-bond acceptors (Lipinski definition) is 9. The second-order valence-electron chi connectivity index (χ2n) is 15.5. The molecule has 5 atom stereocenters. The van der Waals surface area contributed by atoms with E-state index in [1.165, 1.54) is 11.8 Å². The number of thiol groups is 1. The van der Waals surface area contributed by atoms with Gasteiger partial charge >= 0.3 is 5.97 Å². The van der Waals surface area contributed by atoms with Gasteiger partial charge in [-0.2, -0.15) is 12.6 Å². The molecule has 6 amide bonds. The summed E-state index contributed by atoms with van der Waals surface area (Å²) in [7, 11) is 3.31. The average molecular weight is 759 g/mol. The molecule has 0 aromatic heterocycles. The zero-order valence-corrected chi connectivity index (χ0v) is 33.5. The van der Waals surface area contributed by atoms with Gasteiger partial charge in [-0.1, -0.05) is 84.9 Å². The third-order valence-corrected chi connectivity index (χ3v) is 9.97. The fourth-order valence-corrected chi connectivity index (χ4v) is 6.58. The lowest BCUT2D eigenvalue weighted by atomic mass is 9.76. The first kappa shape index (κ1) is 44.9. The van der Waals surface area contributed by atoms with Crippen molar-refractivity contribution in [1.82, 2.24) is 31.1 Å². The fourth-order valence-electron chi connectivity index (χ4n) is 6.29. The van der Waals surface area contributed by atoms with Gasteiger partial charge in [-0.25, -0.2) is 0 Å². The number of imide groups is 1. The van der Waals surface area contributed by atoms with Crippen LogP contribution in [0, 0.1) is 11.3 Å². The number of carboxylic acids is 1. The Morgan fingerprint density at radius 1 is 1.00 bits per heavy atom. The van der Waals surface area contributed by atoms with E-state index in [-0.39, 0.29) is 49.2 Å². The monoisotopic (exact) mass is 758 g/mol. The van der Waals surface area contributed by atoms with Gasteiger partial charge in [0.2, 0.25) is 35.4 Å². The van der Waals surface area contributed by atoms with E-state index in [1.807, 2.05) is 78.8 Å². The highest BCUT2D eigenvalue weighted by molar-refractivity contribution is 7.81. The summed E-state index contributed by atoms with van der Waals surface area (Å²) in [5.74, 6) is -4.24. The van der Waals surface area contributed by atoms with Crippen LogP contribution < -0.4 is 21.3 Å². The van der Waals surface area contributed by atoms with Gasteiger partial charge in [0.1, 0.15) is 12.1 Å². The standard InChI is InChI=1S/C38H58N6O8S/c1-22(2)26(43(10)36(52)31(37(4,5)6)42-34(50)30(39-9)38(7,8)24-14-12-11-13-15-24)20-23(3)32(48)41-25(16-17-29(46)47)33(49)40-18-19-44-28(45)21-27(53)35(44)51/h11-15,20,22,25-27,30-31,39,53H,16-19,21H2,1-10H3,(H,40,49)(H,41,48)(H,42,50)(H,46,47)/b23-20+/t25-,26+,27?,30+,31+/m0/s1. The molecule has 1 aromatic carbocycles. The minimum atomic E-state index is -1.23. The van der Waals surface area contributed by atoms with Crippen molar-refractivity contribution in [3.8, 4) is 0 Å². The molecule has 1 saturated heterocycles. The number of likely N-dealkylation sites (N-methyl/N-ethyl adjacent to an activating group) is 2. The Labute approximate surface area is 318 Å². The van der Waals surface area contributed by atoms with Gasteiger partial charge in [-0.3, -0.25) is 38.5 Å². The molecule has 294 valence electrons. The van der Waals surface area contributed by atoms with E-state index in [9.17, 15) is 38.7 Å². The van der Waals surface area contributed by atoms with Crippen molar-refractivity contribution in [1.29, 1.82) is 0 Å². The van der Waals surface area contributed by atoms with E-state index in [0.717, 1.165) is 10.5 Å². The first-order valence-electron chi connectivity index (χ1n) is 17.8. The predicted octanol–water partition coefficient (Wildman–Crippen LogP) is 2.04. The quantitative estimate of drug-likeness (QED) is 0.0739. The molecule has 0 radical (unpaired) electrons. The van der Waals surface area contributed by atoms with Gasteiger partial charge in [-0.05, 0) is 37.3 Å². The Balaban J connectivity index is 2.25. The summed E-state index contributed by atoms with van der Waals surface area (Å²) in [6.45, 7) is 14.6. The second kappa shape index (κ2) is 19.2. The van der Waals surface area contributed by atoms with Gasteiger partial charge in [0.15, 0.2) is 0 Å². The van der Waals surface area contributed by atoms with Crippen LogP contribution in [0.4, 0.5) is 0 Å². The van der Waals surface area contributed by atoms with Gasteiger partial charge in [0, 0.05) is 44.0 Å². The van der Waals surface area contributed by atoms with Crippen LogP contribution in [0.1, 0.15) is 80.2 Å². The molecule has 2 rings (SSSR count). The molecule has 1 unspecified atom stereocenters. The zero-order chi connectivity index (χ0) is 40.4. The van der Waals surface area contributed by atoms with E-state index in [4.69, 9.17) is 0 Å². The number of nitrogens with one attached hydrogen (secondary N) is 4. The van der Waals surface area contributed by atoms with Crippen molar-refractivity contribution >= 4 is 54.0 Å². The molecule has 1 aliphatic rings. The Morgan fingerprint density at radius 2 is 1.60 bits per heavy atom. The Bertz CT molecular complexity index is 1540. The molecule has 53 heavy (non-hydrogen) atoms. The summed E-state index contributed by atoms with van der Waals surface area (Å²) in [5.41, 5.74) is -0.177. The van der Waals surface area contributed by atoms with Gasteiger partial charge in [-0.15, -0.1) is 0 Å². The first-order valence-corrected chi connectivity index (χ1v) is 18.4. The molecule has 14 nitrogen and oxygen atoms in total. The lowest BCUT2D eigenvalue weighted by Gasteiger charge is -2.40. The molecule has 1 aliphatic heterocycles. The van der Waals surface area contributed by atoms with Crippen molar-refractivity contribution in [3.05, 3.63) is 47.5 Å². The Hall–Kier alpha value is -4.24. The fraction of sp³-hybridized carbons (Fsp3) is 0.605. The van der Waals surface area contributed by atoms with E-state index in [2.05, 4.69) is 33.9 Å². The highest BCUT2D eigenvalue weighted by Crippen LogP contribution is 2.29. The molecule has 1 aromatic rings. The number of hydrogen-bond donors (Lipinski definition) is 6. The van der Waals surface area contributed by atoms with Crippen molar-refractivity contribution < 1.29 is 38.7 Å². The molecular weight excluding hydrogens is 701 g/mol. The third kappa shape index (κ3) is 12.1. The summed E-state index contributed by atoms with van der Waals surface area (Å²) in [5, 5.41) is 19.8. The maximum atomic E-state index is 14.2. The molecule has 1 fully saturated rings. The van der Waals surface area contributed by atoms with Crippen LogP contribution in [-0.4, -0.2) is 113 Å². The van der Waals surface area contributed by atoms with E-state index >= 15 is 0 Å². The van der Waals surface area contributed by atoms with Crippen molar-refractivity contribution in [3.63, 3.8) is 0 Å². The van der Waals surface area contributed by atoms with E-state index in [0.29, 0.717) is 0 Å². The number of rotatable bonds is 18. The number of benzene rings is 1. The molecule has 0 saturated carbocycles. The predicted molar refractivity (Wildman–Crippen MR) is 205 cm³/mol. The minimum Gasteiger partial charge on any atom is -0.481 e. The third-order valence-electron chi connectivity index (χ3n) is 9.57. The normalized spacial score (nSPS) is 17.5. The SMILES string of the molecule is CN[C@H](C(=O)N[C@H](C(=O)N(C)[C@H](/C=C(\C)C(=O)N[C@@H](CCC(=O)O)C(=O)NCCN1C(=O)CC(S)C1=O)C(C)C)C(C)(C)C)C(C)(C)c1ccccc1. The highest BCUT2D eigenvalue weighted by atomic mass is 32.1. The van der Waals surface area contributed by atoms with Crippen LogP contribution in [0.15, 0.2) is 42.0 Å². The van der Waals surface area contributed by atoms with Crippen LogP contribution in [0.3, 0.4) is 0 Å². The summed E-state index contributed by atoms with van der Waals surface area (Å²) in [6, 6.07) is 6.20. The minimum absolute atomic E-state index is 0.0354. The van der Waals surface area contributed by atoms with Crippen LogP contribution in [0.25, 0.3) is 0 Å². The topological polar surface area (TPSA) is 194 Å².